The highest BCUT2D eigenvalue weighted by Crippen LogP contribution is 2.31. The first kappa shape index (κ1) is 20.5. The predicted octanol–water partition coefficient (Wildman–Crippen LogP) is 4.89. The van der Waals surface area contributed by atoms with E-state index < -0.39 is 5.60 Å². The van der Waals surface area contributed by atoms with E-state index >= 15 is 0 Å². The van der Waals surface area contributed by atoms with Crippen molar-refractivity contribution in [1.82, 2.24) is 0 Å². The van der Waals surface area contributed by atoms with Crippen molar-refractivity contribution in [3.05, 3.63) is 24.3 Å². The van der Waals surface area contributed by atoms with E-state index in [1.165, 1.54) is 0 Å². The van der Waals surface area contributed by atoms with Gasteiger partial charge in [0.25, 0.3) is 5.91 Å². The summed E-state index contributed by atoms with van der Waals surface area (Å²) in [5.74, 6) is 1.50. The third-order valence-corrected chi connectivity index (χ3v) is 3.73. The van der Waals surface area contributed by atoms with Crippen LogP contribution in [0, 0.1) is 11.8 Å². The van der Waals surface area contributed by atoms with Gasteiger partial charge in [0, 0.05) is 12.3 Å². The van der Waals surface area contributed by atoms with Gasteiger partial charge in [0.05, 0.1) is 6.61 Å². The van der Waals surface area contributed by atoms with E-state index in [1.807, 2.05) is 38.1 Å². The van der Waals surface area contributed by atoms with Crippen molar-refractivity contribution in [2.45, 2.75) is 60.0 Å². The van der Waals surface area contributed by atoms with Crippen LogP contribution in [0.25, 0.3) is 0 Å². The minimum atomic E-state index is -0.782. The third kappa shape index (κ3) is 6.16. The number of benzene rings is 1. The minimum Gasteiger partial charge on any atom is -0.494 e. The lowest BCUT2D eigenvalue weighted by atomic mass is 9.83. The highest BCUT2D eigenvalue weighted by molar-refractivity contribution is 5.97. The van der Waals surface area contributed by atoms with Crippen LogP contribution in [0.15, 0.2) is 24.3 Å². The molecule has 1 aromatic rings. The maximum atomic E-state index is 13.0. The molecule has 1 N–H and O–H groups in total. The van der Waals surface area contributed by atoms with Crippen molar-refractivity contribution in [1.29, 1.82) is 0 Å². The average molecular weight is 335 g/mol. The first-order chi connectivity index (χ1) is 11.3. The van der Waals surface area contributed by atoms with E-state index in [9.17, 15) is 4.79 Å². The molecule has 24 heavy (non-hydrogen) atoms. The summed E-state index contributed by atoms with van der Waals surface area (Å²) in [6.07, 6.45) is 1.42. The lowest BCUT2D eigenvalue weighted by molar-refractivity contribution is -0.146. The molecule has 136 valence electrons. The first-order valence-electron chi connectivity index (χ1n) is 9.01. The maximum absolute atomic E-state index is 13.0. The van der Waals surface area contributed by atoms with Crippen molar-refractivity contribution < 1.29 is 14.3 Å². The molecule has 0 atom stereocenters. The van der Waals surface area contributed by atoms with E-state index in [0.29, 0.717) is 37.9 Å². The summed E-state index contributed by atoms with van der Waals surface area (Å²) < 4.78 is 11.5. The Morgan fingerprint density at radius 3 is 1.96 bits per heavy atom. The van der Waals surface area contributed by atoms with Crippen LogP contribution in [0.1, 0.15) is 54.4 Å². The molecule has 0 saturated carbocycles. The van der Waals surface area contributed by atoms with Crippen molar-refractivity contribution in [2.24, 2.45) is 11.8 Å². The van der Waals surface area contributed by atoms with Gasteiger partial charge in [-0.1, -0.05) is 27.7 Å². The average Bonchev–Trinajstić information content (AvgIpc) is 2.48. The Balaban J connectivity index is 2.96. The SMILES string of the molecule is CCOc1ccc(NC(=O)C(CC(C)C)(CC(C)C)OCC)cc1. The number of rotatable bonds is 10. The summed E-state index contributed by atoms with van der Waals surface area (Å²) in [6, 6.07) is 7.47. The zero-order valence-electron chi connectivity index (χ0n) is 16.0. The molecule has 0 aromatic heterocycles. The van der Waals surface area contributed by atoms with E-state index in [0.717, 1.165) is 11.4 Å². The fourth-order valence-electron chi connectivity index (χ4n) is 3.09. The van der Waals surface area contributed by atoms with Gasteiger partial charge in [-0.15, -0.1) is 0 Å². The van der Waals surface area contributed by atoms with Crippen LogP contribution < -0.4 is 10.1 Å². The lowest BCUT2D eigenvalue weighted by Gasteiger charge is -2.35. The highest BCUT2D eigenvalue weighted by atomic mass is 16.5. The van der Waals surface area contributed by atoms with Gasteiger partial charge in [-0.2, -0.15) is 0 Å². The molecule has 1 rings (SSSR count). The van der Waals surface area contributed by atoms with Crippen molar-refractivity contribution in [2.75, 3.05) is 18.5 Å². The van der Waals surface area contributed by atoms with Crippen LogP contribution in [0.5, 0.6) is 5.75 Å². The summed E-state index contributed by atoms with van der Waals surface area (Å²) in [7, 11) is 0. The fourth-order valence-corrected chi connectivity index (χ4v) is 3.09. The number of ether oxygens (including phenoxy) is 2. The second kappa shape index (κ2) is 9.67. The molecule has 0 bridgehead atoms. The Kier molecular flexibility index (Phi) is 8.26. The van der Waals surface area contributed by atoms with Gasteiger partial charge in [-0.25, -0.2) is 0 Å². The summed E-state index contributed by atoms with van der Waals surface area (Å²) >= 11 is 0. The summed E-state index contributed by atoms with van der Waals surface area (Å²) in [5, 5.41) is 3.03. The van der Waals surface area contributed by atoms with E-state index in [2.05, 4.69) is 33.0 Å². The molecule has 1 aromatic carbocycles. The normalized spacial score (nSPS) is 11.8. The molecule has 1 amide bonds. The van der Waals surface area contributed by atoms with Crippen molar-refractivity contribution >= 4 is 11.6 Å². The second-order valence-corrected chi connectivity index (χ2v) is 7.03. The zero-order valence-corrected chi connectivity index (χ0v) is 16.0. The molecule has 0 radical (unpaired) electrons. The van der Waals surface area contributed by atoms with Crippen LogP contribution in [-0.4, -0.2) is 24.7 Å². The van der Waals surface area contributed by atoms with E-state index in [1.54, 1.807) is 0 Å². The molecule has 4 heteroatoms. The van der Waals surface area contributed by atoms with Crippen LogP contribution >= 0.6 is 0 Å². The fraction of sp³-hybridized carbons (Fsp3) is 0.650. The molecule has 0 aliphatic carbocycles. The van der Waals surface area contributed by atoms with Crippen LogP contribution in [0.2, 0.25) is 0 Å². The van der Waals surface area contributed by atoms with Gasteiger partial charge >= 0.3 is 0 Å². The van der Waals surface area contributed by atoms with Crippen molar-refractivity contribution in [3.63, 3.8) is 0 Å². The summed E-state index contributed by atoms with van der Waals surface area (Å²) in [6.45, 7) is 13.5. The van der Waals surface area contributed by atoms with Gasteiger partial charge in [0.15, 0.2) is 0 Å². The quantitative estimate of drug-likeness (QED) is 0.662. The number of amides is 1. The Labute approximate surface area is 146 Å². The molecule has 0 aliphatic heterocycles. The number of carbonyl (C=O) groups is 1. The maximum Gasteiger partial charge on any atom is 0.256 e. The Hall–Kier alpha value is -1.55. The number of hydrogen-bond acceptors (Lipinski definition) is 3. The second-order valence-electron chi connectivity index (χ2n) is 7.03. The standard InChI is InChI=1S/C20H33NO3/c1-7-23-18-11-9-17(10-12-18)21-19(22)20(24-8-2,13-15(3)4)14-16(5)6/h9-12,15-16H,7-8,13-14H2,1-6H3,(H,21,22). The van der Waals surface area contributed by atoms with Gasteiger partial charge in [-0.05, 0) is 62.8 Å². The first-order valence-corrected chi connectivity index (χ1v) is 9.01. The smallest absolute Gasteiger partial charge is 0.256 e. The number of carbonyl (C=O) groups excluding carboxylic acids is 1. The van der Waals surface area contributed by atoms with Crippen LogP contribution in [0.4, 0.5) is 5.69 Å². The molecular formula is C20H33NO3. The Bertz CT molecular complexity index is 484. The number of nitrogens with one attached hydrogen (secondary N) is 1. The van der Waals surface area contributed by atoms with Crippen LogP contribution in [-0.2, 0) is 9.53 Å². The zero-order chi connectivity index (χ0) is 18.2. The van der Waals surface area contributed by atoms with Gasteiger partial charge < -0.3 is 14.8 Å². The molecule has 0 saturated heterocycles. The summed E-state index contributed by atoms with van der Waals surface area (Å²) in [5.41, 5.74) is -0.0181. The van der Waals surface area contributed by atoms with E-state index in [4.69, 9.17) is 9.47 Å². The Morgan fingerprint density at radius 2 is 1.54 bits per heavy atom. The Morgan fingerprint density at radius 1 is 1.00 bits per heavy atom. The number of hydrogen-bond donors (Lipinski definition) is 1. The molecule has 4 nitrogen and oxygen atoms in total. The van der Waals surface area contributed by atoms with Gasteiger partial charge in [-0.3, -0.25) is 4.79 Å². The van der Waals surface area contributed by atoms with Crippen LogP contribution in [0.3, 0.4) is 0 Å². The molecule has 0 spiro atoms. The molecule has 0 heterocycles. The predicted molar refractivity (Wildman–Crippen MR) is 99.5 cm³/mol. The lowest BCUT2D eigenvalue weighted by Crippen LogP contribution is -2.47. The molecule has 0 aliphatic rings. The topological polar surface area (TPSA) is 47.6 Å². The van der Waals surface area contributed by atoms with Gasteiger partial charge in [0.2, 0.25) is 0 Å². The van der Waals surface area contributed by atoms with Gasteiger partial charge in [0.1, 0.15) is 11.4 Å². The number of anilines is 1. The molecule has 0 unspecified atom stereocenters. The largest absolute Gasteiger partial charge is 0.494 e. The van der Waals surface area contributed by atoms with E-state index in [-0.39, 0.29) is 5.91 Å². The highest BCUT2D eigenvalue weighted by Gasteiger charge is 2.40. The third-order valence-electron chi connectivity index (χ3n) is 3.73. The monoisotopic (exact) mass is 335 g/mol. The molecule has 0 fully saturated rings. The van der Waals surface area contributed by atoms with Crippen molar-refractivity contribution in [3.8, 4) is 5.75 Å². The summed E-state index contributed by atoms with van der Waals surface area (Å²) in [4.78, 5) is 13.0. The molecular weight excluding hydrogens is 302 g/mol. The minimum absolute atomic E-state index is 0.0593.